The van der Waals surface area contributed by atoms with Gasteiger partial charge in [-0.2, -0.15) is 5.10 Å². The number of halogens is 1. The first-order chi connectivity index (χ1) is 9.10. The van der Waals surface area contributed by atoms with E-state index in [-0.39, 0.29) is 0 Å². The van der Waals surface area contributed by atoms with Crippen molar-refractivity contribution in [3.63, 3.8) is 0 Å². The molecule has 1 aromatic heterocycles. The van der Waals surface area contributed by atoms with Crippen LogP contribution in [-0.4, -0.2) is 35.6 Å². The van der Waals surface area contributed by atoms with Crippen molar-refractivity contribution in [2.75, 3.05) is 19.8 Å². The largest absolute Gasteiger partial charge is 0.380 e. The highest BCUT2D eigenvalue weighted by Gasteiger charge is 2.16. The van der Waals surface area contributed by atoms with Crippen molar-refractivity contribution in [1.29, 1.82) is 0 Å². The monoisotopic (exact) mass is 331 g/mol. The Morgan fingerprint density at radius 1 is 1.37 bits per heavy atom. The zero-order valence-corrected chi connectivity index (χ0v) is 14.1. The average Bonchev–Trinajstić information content (AvgIpc) is 2.62. The van der Waals surface area contributed by atoms with Gasteiger partial charge in [-0.3, -0.25) is 4.68 Å². The van der Waals surface area contributed by atoms with E-state index in [0.29, 0.717) is 6.04 Å². The molecule has 1 atom stereocenters. The van der Waals surface area contributed by atoms with E-state index < -0.39 is 0 Å². The van der Waals surface area contributed by atoms with Gasteiger partial charge in [0.25, 0.3) is 0 Å². The van der Waals surface area contributed by atoms with E-state index >= 15 is 0 Å². The van der Waals surface area contributed by atoms with Crippen molar-refractivity contribution < 1.29 is 4.74 Å². The SMILES string of the molecule is CCCNC(COCCC)Cc1c(Br)c(C)nn1C. The van der Waals surface area contributed by atoms with E-state index in [1.807, 2.05) is 18.7 Å². The average molecular weight is 332 g/mol. The summed E-state index contributed by atoms with van der Waals surface area (Å²) in [5, 5.41) is 8.00. The number of aromatic nitrogens is 2. The third-order valence-corrected chi connectivity index (χ3v) is 4.08. The maximum absolute atomic E-state index is 5.69. The summed E-state index contributed by atoms with van der Waals surface area (Å²) in [6, 6.07) is 0.345. The molecule has 1 unspecified atom stereocenters. The first kappa shape index (κ1) is 16.7. The van der Waals surface area contributed by atoms with E-state index in [9.17, 15) is 0 Å². The minimum absolute atomic E-state index is 0.345. The second-order valence-corrected chi connectivity index (χ2v) is 5.69. The topological polar surface area (TPSA) is 39.1 Å². The quantitative estimate of drug-likeness (QED) is 0.707. The Bertz CT molecular complexity index is 379. The van der Waals surface area contributed by atoms with E-state index in [4.69, 9.17) is 4.74 Å². The molecule has 0 fully saturated rings. The van der Waals surface area contributed by atoms with E-state index in [2.05, 4.69) is 40.2 Å². The summed E-state index contributed by atoms with van der Waals surface area (Å²) in [6.07, 6.45) is 3.13. The van der Waals surface area contributed by atoms with Crippen molar-refractivity contribution in [2.24, 2.45) is 7.05 Å². The molecule has 19 heavy (non-hydrogen) atoms. The summed E-state index contributed by atoms with van der Waals surface area (Å²) in [6.45, 7) is 8.95. The zero-order valence-electron chi connectivity index (χ0n) is 12.5. The minimum Gasteiger partial charge on any atom is -0.380 e. The van der Waals surface area contributed by atoms with Crippen molar-refractivity contribution >= 4 is 15.9 Å². The maximum Gasteiger partial charge on any atom is 0.0738 e. The second-order valence-electron chi connectivity index (χ2n) is 4.90. The Labute approximate surface area is 125 Å². The Morgan fingerprint density at radius 3 is 2.63 bits per heavy atom. The lowest BCUT2D eigenvalue weighted by atomic mass is 10.1. The number of ether oxygens (including phenoxy) is 1. The predicted octanol–water partition coefficient (Wildman–Crippen LogP) is 2.83. The molecule has 1 N–H and O–H groups in total. The smallest absolute Gasteiger partial charge is 0.0738 e. The van der Waals surface area contributed by atoms with Crippen LogP contribution in [0.3, 0.4) is 0 Å². The second kappa shape index (κ2) is 8.72. The van der Waals surface area contributed by atoms with Gasteiger partial charge >= 0.3 is 0 Å². The first-order valence-corrected chi connectivity index (χ1v) is 7.88. The van der Waals surface area contributed by atoms with Crippen LogP contribution >= 0.6 is 15.9 Å². The molecule has 0 bridgehead atoms. The molecule has 5 heteroatoms. The molecule has 4 nitrogen and oxygen atoms in total. The van der Waals surface area contributed by atoms with Crippen molar-refractivity contribution in [2.45, 2.75) is 46.1 Å². The Hall–Kier alpha value is -0.390. The minimum atomic E-state index is 0.345. The van der Waals surface area contributed by atoms with Gasteiger partial charge in [0.05, 0.1) is 22.5 Å². The van der Waals surface area contributed by atoms with Gasteiger partial charge in [-0.25, -0.2) is 0 Å². The molecule has 0 amide bonds. The summed E-state index contributed by atoms with van der Waals surface area (Å²) in [5.74, 6) is 0. The summed E-state index contributed by atoms with van der Waals surface area (Å²) in [4.78, 5) is 0. The molecule has 0 spiro atoms. The third kappa shape index (κ3) is 5.24. The van der Waals surface area contributed by atoms with Crippen LogP contribution in [0, 0.1) is 6.92 Å². The van der Waals surface area contributed by atoms with Crippen LogP contribution in [0.2, 0.25) is 0 Å². The van der Waals surface area contributed by atoms with E-state index in [0.717, 1.165) is 49.2 Å². The molecule has 0 saturated carbocycles. The molecule has 0 radical (unpaired) electrons. The van der Waals surface area contributed by atoms with Gasteiger partial charge in [0.15, 0.2) is 0 Å². The van der Waals surface area contributed by atoms with Crippen LogP contribution in [-0.2, 0) is 18.2 Å². The van der Waals surface area contributed by atoms with Crippen molar-refractivity contribution in [3.05, 3.63) is 15.9 Å². The molecular weight excluding hydrogens is 306 g/mol. The van der Waals surface area contributed by atoms with Crippen molar-refractivity contribution in [3.8, 4) is 0 Å². The predicted molar refractivity (Wildman–Crippen MR) is 82.5 cm³/mol. The van der Waals surface area contributed by atoms with Crippen LogP contribution in [0.4, 0.5) is 0 Å². The molecule has 1 heterocycles. The van der Waals surface area contributed by atoms with Crippen LogP contribution in [0.1, 0.15) is 38.1 Å². The summed E-state index contributed by atoms with van der Waals surface area (Å²) < 4.78 is 8.77. The molecule has 0 aromatic carbocycles. The molecule has 0 aliphatic rings. The fourth-order valence-corrected chi connectivity index (χ4v) is 2.54. The van der Waals surface area contributed by atoms with Gasteiger partial charge in [-0.15, -0.1) is 0 Å². The Morgan fingerprint density at radius 2 is 2.11 bits per heavy atom. The maximum atomic E-state index is 5.69. The Balaban J connectivity index is 2.64. The van der Waals surface area contributed by atoms with Crippen LogP contribution in [0.5, 0.6) is 0 Å². The van der Waals surface area contributed by atoms with E-state index in [1.165, 1.54) is 5.69 Å². The van der Waals surface area contributed by atoms with Gasteiger partial charge in [-0.1, -0.05) is 13.8 Å². The lowest BCUT2D eigenvalue weighted by Gasteiger charge is -2.19. The summed E-state index contributed by atoms with van der Waals surface area (Å²) >= 11 is 3.63. The van der Waals surface area contributed by atoms with Gasteiger partial charge in [-0.05, 0) is 42.2 Å². The molecule has 0 saturated heterocycles. The highest BCUT2D eigenvalue weighted by atomic mass is 79.9. The number of aryl methyl sites for hydroxylation is 2. The Kier molecular flexibility index (Phi) is 7.64. The lowest BCUT2D eigenvalue weighted by molar-refractivity contribution is 0.111. The number of hydrogen-bond donors (Lipinski definition) is 1. The fraction of sp³-hybridized carbons (Fsp3) is 0.786. The highest BCUT2D eigenvalue weighted by molar-refractivity contribution is 9.10. The normalized spacial score (nSPS) is 12.9. The molecule has 1 rings (SSSR count). The van der Waals surface area contributed by atoms with Gasteiger partial charge in [0.2, 0.25) is 0 Å². The molecule has 0 aliphatic heterocycles. The fourth-order valence-electron chi connectivity index (χ4n) is 2.04. The highest BCUT2D eigenvalue weighted by Crippen LogP contribution is 2.21. The number of rotatable bonds is 9. The van der Waals surface area contributed by atoms with Gasteiger partial charge in [0.1, 0.15) is 0 Å². The number of nitrogens with one attached hydrogen (secondary N) is 1. The van der Waals surface area contributed by atoms with Gasteiger partial charge in [0, 0.05) is 26.1 Å². The molecule has 110 valence electrons. The lowest BCUT2D eigenvalue weighted by Crippen LogP contribution is -2.36. The molecule has 0 aliphatic carbocycles. The zero-order chi connectivity index (χ0) is 14.3. The standard InChI is InChI=1S/C14H26BrN3O/c1-5-7-16-12(10-19-8-6-2)9-13-14(15)11(3)17-18(13)4/h12,16H,5-10H2,1-4H3. The third-order valence-electron chi connectivity index (χ3n) is 3.05. The van der Waals surface area contributed by atoms with Crippen LogP contribution in [0.15, 0.2) is 4.47 Å². The number of hydrogen-bond acceptors (Lipinski definition) is 3. The molecular formula is C14H26BrN3O. The summed E-state index contributed by atoms with van der Waals surface area (Å²) in [5.41, 5.74) is 2.27. The number of nitrogens with zero attached hydrogens (tertiary/aromatic N) is 2. The van der Waals surface area contributed by atoms with Crippen LogP contribution in [0.25, 0.3) is 0 Å². The first-order valence-electron chi connectivity index (χ1n) is 7.09. The van der Waals surface area contributed by atoms with Crippen molar-refractivity contribution in [1.82, 2.24) is 15.1 Å². The summed E-state index contributed by atoms with van der Waals surface area (Å²) in [7, 11) is 2.00. The molecule has 1 aromatic rings. The van der Waals surface area contributed by atoms with Gasteiger partial charge < -0.3 is 10.1 Å². The van der Waals surface area contributed by atoms with E-state index in [1.54, 1.807) is 0 Å². The van der Waals surface area contributed by atoms with Crippen LogP contribution < -0.4 is 5.32 Å².